The van der Waals surface area contributed by atoms with Gasteiger partial charge in [-0.1, -0.05) is 28.9 Å². The fourth-order valence-corrected chi connectivity index (χ4v) is 5.02. The highest BCUT2D eigenvalue weighted by Crippen LogP contribution is 2.26. The van der Waals surface area contributed by atoms with E-state index in [1.807, 2.05) is 24.4 Å². The van der Waals surface area contributed by atoms with Crippen molar-refractivity contribution in [1.82, 2.24) is 14.4 Å². The molecule has 7 nitrogen and oxygen atoms in total. The molecule has 2 aromatic heterocycles. The third-order valence-electron chi connectivity index (χ3n) is 4.36. The molecular weight excluding hydrogens is 386 g/mol. The smallest absolute Gasteiger partial charge is 0.257 e. The molecule has 1 aromatic carbocycles. The molecule has 0 N–H and O–H groups in total. The van der Waals surface area contributed by atoms with Crippen LogP contribution in [0.4, 0.5) is 0 Å². The van der Waals surface area contributed by atoms with Crippen molar-refractivity contribution in [2.45, 2.75) is 24.3 Å². The van der Waals surface area contributed by atoms with Crippen molar-refractivity contribution in [3.63, 3.8) is 0 Å². The summed E-state index contributed by atoms with van der Waals surface area (Å²) in [6, 6.07) is 10.8. The van der Waals surface area contributed by atoms with Gasteiger partial charge in [0.05, 0.1) is 11.5 Å². The Morgan fingerprint density at radius 2 is 2.07 bits per heavy atom. The number of benzene rings is 1. The van der Waals surface area contributed by atoms with Gasteiger partial charge in [-0.15, -0.1) is 11.3 Å². The van der Waals surface area contributed by atoms with Gasteiger partial charge in [0.25, 0.3) is 5.89 Å². The molecular formula is C18H19N3O4S2. The molecule has 3 aromatic rings. The zero-order valence-electron chi connectivity index (χ0n) is 14.7. The Hall–Kier alpha value is -2.07. The Balaban J connectivity index is 1.49. The molecule has 0 amide bonds. The second-order valence-electron chi connectivity index (χ2n) is 6.34. The predicted octanol–water partition coefficient (Wildman–Crippen LogP) is 2.79. The molecule has 0 aliphatic carbocycles. The van der Waals surface area contributed by atoms with Crippen LogP contribution < -0.4 is 0 Å². The molecule has 4 rings (SSSR count). The van der Waals surface area contributed by atoms with Crippen molar-refractivity contribution < 1.29 is 17.7 Å². The van der Waals surface area contributed by atoms with E-state index in [9.17, 15) is 8.42 Å². The number of aromatic nitrogens is 2. The lowest BCUT2D eigenvalue weighted by molar-refractivity contribution is -0.0199. The van der Waals surface area contributed by atoms with E-state index in [4.69, 9.17) is 9.26 Å². The molecule has 1 atom stereocenters. The van der Waals surface area contributed by atoms with Crippen LogP contribution >= 0.6 is 11.3 Å². The van der Waals surface area contributed by atoms with Crippen LogP contribution in [-0.4, -0.2) is 42.6 Å². The molecule has 0 radical (unpaired) electrons. The van der Waals surface area contributed by atoms with Crippen LogP contribution in [0.1, 0.15) is 28.3 Å². The van der Waals surface area contributed by atoms with Crippen LogP contribution in [0.3, 0.4) is 0 Å². The van der Waals surface area contributed by atoms with Crippen LogP contribution in [0.5, 0.6) is 0 Å². The molecule has 1 aliphatic heterocycles. The summed E-state index contributed by atoms with van der Waals surface area (Å²) in [7, 11) is -3.59. The van der Waals surface area contributed by atoms with E-state index in [0.29, 0.717) is 24.7 Å². The van der Waals surface area contributed by atoms with Gasteiger partial charge in [-0.2, -0.15) is 9.29 Å². The molecule has 27 heavy (non-hydrogen) atoms. The van der Waals surface area contributed by atoms with E-state index in [0.717, 1.165) is 10.4 Å². The quantitative estimate of drug-likeness (QED) is 0.649. The van der Waals surface area contributed by atoms with Crippen molar-refractivity contribution in [3.05, 3.63) is 63.9 Å². The first-order valence-corrected chi connectivity index (χ1v) is 10.9. The third-order valence-corrected chi connectivity index (χ3v) is 7.12. The Labute approximate surface area is 161 Å². The highest BCUT2D eigenvalue weighted by atomic mass is 32.2. The van der Waals surface area contributed by atoms with Gasteiger partial charge < -0.3 is 9.26 Å². The van der Waals surface area contributed by atoms with Gasteiger partial charge >= 0.3 is 0 Å². The molecule has 1 saturated heterocycles. The summed E-state index contributed by atoms with van der Waals surface area (Å²) in [5.41, 5.74) is 1.01. The highest BCUT2D eigenvalue weighted by molar-refractivity contribution is 7.89. The number of aryl methyl sites for hydroxylation is 1. The van der Waals surface area contributed by atoms with Crippen LogP contribution in [-0.2, 0) is 21.2 Å². The Morgan fingerprint density at radius 1 is 1.26 bits per heavy atom. The monoisotopic (exact) mass is 405 g/mol. The van der Waals surface area contributed by atoms with Crippen molar-refractivity contribution in [1.29, 1.82) is 0 Å². The van der Waals surface area contributed by atoms with Crippen LogP contribution in [0, 0.1) is 6.92 Å². The lowest BCUT2D eigenvalue weighted by atomic mass is 10.2. The zero-order valence-corrected chi connectivity index (χ0v) is 16.4. The first-order valence-electron chi connectivity index (χ1n) is 8.55. The van der Waals surface area contributed by atoms with Crippen molar-refractivity contribution in [3.8, 4) is 0 Å². The summed E-state index contributed by atoms with van der Waals surface area (Å²) in [5, 5.41) is 5.99. The number of hydrogen-bond donors (Lipinski definition) is 0. The summed E-state index contributed by atoms with van der Waals surface area (Å²) in [6.45, 7) is 2.64. The van der Waals surface area contributed by atoms with E-state index >= 15 is 0 Å². The summed E-state index contributed by atoms with van der Waals surface area (Å²) in [6.07, 6.45) is 0.0165. The largest absolute Gasteiger partial charge is 0.366 e. The van der Waals surface area contributed by atoms with Crippen molar-refractivity contribution >= 4 is 21.4 Å². The molecule has 0 saturated carbocycles. The first-order chi connectivity index (χ1) is 13.0. The lowest BCUT2D eigenvalue weighted by Gasteiger charge is -2.30. The number of thiophene rings is 1. The molecule has 1 unspecified atom stereocenters. The van der Waals surface area contributed by atoms with E-state index in [2.05, 4.69) is 10.1 Å². The fourth-order valence-electron chi connectivity index (χ4n) is 2.89. The summed E-state index contributed by atoms with van der Waals surface area (Å²) in [5.74, 6) is 0.875. The maximum Gasteiger partial charge on any atom is 0.257 e. The van der Waals surface area contributed by atoms with Gasteiger partial charge in [0.1, 0.15) is 0 Å². The van der Waals surface area contributed by atoms with Crippen LogP contribution in [0.25, 0.3) is 0 Å². The summed E-state index contributed by atoms with van der Waals surface area (Å²) < 4.78 is 38.2. The SMILES string of the molecule is Cc1ccc(S(=O)(=O)N2CCOC(c3nc(Cc4cccs4)no3)C2)cc1. The maximum atomic E-state index is 12.9. The standard InChI is InChI=1S/C18H19N3O4S2/c1-13-4-6-15(7-5-13)27(22,23)21-8-9-24-16(12-21)18-19-17(20-25-18)11-14-3-2-10-26-14/h2-7,10,16H,8-9,11-12H2,1H3. The number of morpholine rings is 1. The second-order valence-corrected chi connectivity index (χ2v) is 9.31. The number of ether oxygens (including phenoxy) is 1. The number of rotatable bonds is 5. The normalized spacial score (nSPS) is 18.6. The van der Waals surface area contributed by atoms with Gasteiger partial charge in [0.15, 0.2) is 11.9 Å². The molecule has 1 fully saturated rings. The number of hydrogen-bond acceptors (Lipinski definition) is 7. The number of nitrogens with zero attached hydrogens (tertiary/aromatic N) is 3. The van der Waals surface area contributed by atoms with Gasteiger partial charge in [-0.3, -0.25) is 0 Å². The van der Waals surface area contributed by atoms with E-state index in [1.54, 1.807) is 35.6 Å². The van der Waals surface area contributed by atoms with Crippen LogP contribution in [0.2, 0.25) is 0 Å². The van der Waals surface area contributed by atoms with Gasteiger partial charge in [0, 0.05) is 24.4 Å². The minimum absolute atomic E-state index is 0.150. The Kier molecular flexibility index (Phi) is 5.09. The van der Waals surface area contributed by atoms with Crippen molar-refractivity contribution in [2.75, 3.05) is 19.7 Å². The first kappa shape index (κ1) is 18.3. The number of sulfonamides is 1. The zero-order chi connectivity index (χ0) is 18.9. The average molecular weight is 406 g/mol. The van der Waals surface area contributed by atoms with Crippen molar-refractivity contribution in [2.24, 2.45) is 0 Å². The molecule has 1 aliphatic rings. The Morgan fingerprint density at radius 3 is 2.81 bits per heavy atom. The molecule has 142 valence electrons. The van der Waals surface area contributed by atoms with Gasteiger partial charge in [-0.25, -0.2) is 8.42 Å². The minimum Gasteiger partial charge on any atom is -0.366 e. The minimum atomic E-state index is -3.59. The Bertz CT molecular complexity index is 998. The molecule has 0 spiro atoms. The second kappa shape index (κ2) is 7.51. The average Bonchev–Trinajstić information content (AvgIpc) is 3.35. The molecule has 3 heterocycles. The third kappa shape index (κ3) is 3.96. The fraction of sp³-hybridized carbons (Fsp3) is 0.333. The van der Waals surface area contributed by atoms with Gasteiger partial charge in [-0.05, 0) is 30.5 Å². The van der Waals surface area contributed by atoms with Gasteiger partial charge in [0.2, 0.25) is 10.0 Å². The maximum absolute atomic E-state index is 12.9. The van der Waals surface area contributed by atoms with E-state index in [1.165, 1.54) is 4.31 Å². The topological polar surface area (TPSA) is 85.5 Å². The molecule has 9 heteroatoms. The predicted molar refractivity (Wildman–Crippen MR) is 100 cm³/mol. The lowest BCUT2D eigenvalue weighted by Crippen LogP contribution is -2.42. The highest BCUT2D eigenvalue weighted by Gasteiger charge is 2.34. The molecule has 0 bridgehead atoms. The van der Waals surface area contributed by atoms with E-state index < -0.39 is 16.1 Å². The van der Waals surface area contributed by atoms with Crippen LogP contribution in [0.15, 0.2) is 51.2 Å². The van der Waals surface area contributed by atoms with E-state index in [-0.39, 0.29) is 18.0 Å². The summed E-state index contributed by atoms with van der Waals surface area (Å²) >= 11 is 1.62. The summed E-state index contributed by atoms with van der Waals surface area (Å²) in [4.78, 5) is 5.80.